The summed E-state index contributed by atoms with van der Waals surface area (Å²) >= 11 is 0. The van der Waals surface area contributed by atoms with Crippen LogP contribution in [0.3, 0.4) is 0 Å². The highest BCUT2D eigenvalue weighted by molar-refractivity contribution is 7.86. The summed E-state index contributed by atoms with van der Waals surface area (Å²) < 4.78 is 33.9. The van der Waals surface area contributed by atoms with Crippen LogP contribution in [0.4, 0.5) is 4.79 Å². The minimum atomic E-state index is -3.46. The Balaban J connectivity index is 1.86. The summed E-state index contributed by atoms with van der Waals surface area (Å²) in [7, 11) is -3.46. The number of amides is 1. The van der Waals surface area contributed by atoms with E-state index in [1.165, 1.54) is 8.61 Å². The summed E-state index contributed by atoms with van der Waals surface area (Å²) in [6, 6.07) is 9.49. The van der Waals surface area contributed by atoms with E-state index >= 15 is 0 Å². The highest BCUT2D eigenvalue weighted by Crippen LogP contribution is 2.14. The second-order valence-electron chi connectivity index (χ2n) is 6.33. The number of ether oxygens (including phenoxy) is 1. The number of benzene rings is 1. The summed E-state index contributed by atoms with van der Waals surface area (Å²) in [6.45, 7) is 6.50. The van der Waals surface area contributed by atoms with E-state index < -0.39 is 16.3 Å². The largest absolute Gasteiger partial charge is 0.445 e. The molecule has 1 amide bonds. The van der Waals surface area contributed by atoms with Crippen LogP contribution >= 0.6 is 0 Å². The fourth-order valence-electron chi connectivity index (χ4n) is 2.92. The molecule has 1 fully saturated rings. The van der Waals surface area contributed by atoms with Gasteiger partial charge in [0, 0.05) is 39.3 Å². The SMILES string of the molecule is CCCN(CCC)S(=O)(=O)N1CCN(C(=O)OCc2ccccc2)CC1. The molecule has 1 aliphatic heterocycles. The van der Waals surface area contributed by atoms with Crippen molar-refractivity contribution in [3.63, 3.8) is 0 Å². The molecule has 0 aliphatic carbocycles. The van der Waals surface area contributed by atoms with Gasteiger partial charge in [0.05, 0.1) is 0 Å². The maximum absolute atomic E-state index is 12.8. The molecule has 1 aromatic rings. The monoisotopic (exact) mass is 383 g/mol. The fourth-order valence-corrected chi connectivity index (χ4v) is 4.69. The summed E-state index contributed by atoms with van der Waals surface area (Å²) in [4.78, 5) is 13.8. The van der Waals surface area contributed by atoms with Crippen LogP contribution in [-0.4, -0.2) is 67.3 Å². The van der Waals surface area contributed by atoms with Gasteiger partial charge in [0.2, 0.25) is 0 Å². The van der Waals surface area contributed by atoms with Gasteiger partial charge in [0.15, 0.2) is 0 Å². The van der Waals surface area contributed by atoms with Gasteiger partial charge >= 0.3 is 6.09 Å². The third-order valence-corrected chi connectivity index (χ3v) is 6.34. The molecule has 0 bridgehead atoms. The minimum absolute atomic E-state index is 0.221. The van der Waals surface area contributed by atoms with Crippen molar-refractivity contribution in [3.8, 4) is 0 Å². The number of carbonyl (C=O) groups excluding carboxylic acids is 1. The Hall–Kier alpha value is -1.64. The number of hydrogen-bond donors (Lipinski definition) is 0. The number of rotatable bonds is 8. The molecule has 1 aromatic carbocycles. The Morgan fingerprint density at radius 2 is 1.62 bits per heavy atom. The molecule has 0 unspecified atom stereocenters. The van der Waals surface area contributed by atoms with E-state index in [0.717, 1.165) is 18.4 Å². The van der Waals surface area contributed by atoms with Crippen LogP contribution in [0, 0.1) is 0 Å². The number of nitrogens with zero attached hydrogens (tertiary/aromatic N) is 3. The highest BCUT2D eigenvalue weighted by atomic mass is 32.2. The maximum Gasteiger partial charge on any atom is 0.410 e. The maximum atomic E-state index is 12.8. The van der Waals surface area contributed by atoms with Gasteiger partial charge in [-0.25, -0.2) is 4.79 Å². The number of carbonyl (C=O) groups is 1. The van der Waals surface area contributed by atoms with Gasteiger partial charge in [0.1, 0.15) is 6.61 Å². The van der Waals surface area contributed by atoms with E-state index in [1.54, 1.807) is 4.90 Å². The molecule has 8 heteroatoms. The normalized spacial score (nSPS) is 16.0. The van der Waals surface area contributed by atoms with E-state index in [-0.39, 0.29) is 6.61 Å². The standard InChI is InChI=1S/C18H29N3O4S/c1-3-10-20(11-4-2)26(23,24)21-14-12-19(13-15-21)18(22)25-16-17-8-6-5-7-9-17/h5-9H,3-4,10-16H2,1-2H3. The quantitative estimate of drug-likeness (QED) is 0.691. The van der Waals surface area contributed by atoms with E-state index in [9.17, 15) is 13.2 Å². The summed E-state index contributed by atoms with van der Waals surface area (Å²) in [5.74, 6) is 0. The molecule has 0 atom stereocenters. The van der Waals surface area contributed by atoms with Crippen molar-refractivity contribution in [1.29, 1.82) is 0 Å². The molecule has 7 nitrogen and oxygen atoms in total. The first-order chi connectivity index (χ1) is 12.5. The fraction of sp³-hybridized carbons (Fsp3) is 0.611. The summed E-state index contributed by atoms with van der Waals surface area (Å²) in [6.07, 6.45) is 1.17. The Morgan fingerprint density at radius 1 is 1.04 bits per heavy atom. The number of hydrogen-bond acceptors (Lipinski definition) is 4. The molecule has 1 heterocycles. The van der Waals surface area contributed by atoms with E-state index in [4.69, 9.17) is 4.74 Å². The van der Waals surface area contributed by atoms with Gasteiger partial charge in [-0.2, -0.15) is 17.0 Å². The molecular formula is C18H29N3O4S. The lowest BCUT2D eigenvalue weighted by Crippen LogP contribution is -2.54. The lowest BCUT2D eigenvalue weighted by Gasteiger charge is -2.36. The van der Waals surface area contributed by atoms with Crippen molar-refractivity contribution in [2.75, 3.05) is 39.3 Å². The molecule has 1 saturated heterocycles. The average Bonchev–Trinajstić information content (AvgIpc) is 2.67. The van der Waals surface area contributed by atoms with Crippen LogP contribution in [0.15, 0.2) is 30.3 Å². The molecule has 26 heavy (non-hydrogen) atoms. The molecule has 0 aromatic heterocycles. The molecule has 1 aliphatic rings. The van der Waals surface area contributed by atoms with Gasteiger partial charge in [0.25, 0.3) is 10.2 Å². The third-order valence-electron chi connectivity index (χ3n) is 4.30. The van der Waals surface area contributed by atoms with E-state index in [0.29, 0.717) is 39.3 Å². The molecule has 146 valence electrons. The zero-order chi connectivity index (χ0) is 19.0. The predicted octanol–water partition coefficient (Wildman–Crippen LogP) is 2.31. The molecule has 0 saturated carbocycles. The van der Waals surface area contributed by atoms with Gasteiger partial charge in [-0.15, -0.1) is 0 Å². The predicted molar refractivity (Wildman–Crippen MR) is 101 cm³/mol. The molecular weight excluding hydrogens is 354 g/mol. The molecule has 0 spiro atoms. The molecule has 0 N–H and O–H groups in total. The zero-order valence-corrected chi connectivity index (χ0v) is 16.5. The van der Waals surface area contributed by atoms with Crippen molar-refractivity contribution < 1.29 is 17.9 Å². The Kier molecular flexibility index (Phi) is 7.86. The van der Waals surface area contributed by atoms with E-state index in [2.05, 4.69) is 0 Å². The van der Waals surface area contributed by atoms with Crippen molar-refractivity contribution >= 4 is 16.3 Å². The van der Waals surface area contributed by atoms with Crippen LogP contribution in [0.2, 0.25) is 0 Å². The Bertz CT molecular complexity index is 652. The van der Waals surface area contributed by atoms with Gasteiger partial charge < -0.3 is 9.64 Å². The second-order valence-corrected chi connectivity index (χ2v) is 8.26. The first-order valence-electron chi connectivity index (χ1n) is 9.19. The smallest absolute Gasteiger partial charge is 0.410 e. The topological polar surface area (TPSA) is 70.2 Å². The average molecular weight is 384 g/mol. The van der Waals surface area contributed by atoms with Gasteiger partial charge in [-0.1, -0.05) is 44.2 Å². The van der Waals surface area contributed by atoms with Crippen molar-refractivity contribution in [2.45, 2.75) is 33.3 Å². The van der Waals surface area contributed by atoms with Gasteiger partial charge in [-0.3, -0.25) is 0 Å². The molecule has 0 radical (unpaired) electrons. The lowest BCUT2D eigenvalue weighted by atomic mass is 10.2. The van der Waals surface area contributed by atoms with Crippen molar-refractivity contribution in [1.82, 2.24) is 13.5 Å². The first kappa shape index (κ1) is 20.7. The molecule has 2 rings (SSSR count). The van der Waals surface area contributed by atoms with E-state index in [1.807, 2.05) is 44.2 Å². The Morgan fingerprint density at radius 3 is 2.15 bits per heavy atom. The zero-order valence-electron chi connectivity index (χ0n) is 15.6. The van der Waals surface area contributed by atoms with Crippen LogP contribution in [0.5, 0.6) is 0 Å². The Labute approximate surface area is 156 Å². The van der Waals surface area contributed by atoms with Crippen LogP contribution < -0.4 is 0 Å². The second kappa shape index (κ2) is 9.89. The summed E-state index contributed by atoms with van der Waals surface area (Å²) in [5.41, 5.74) is 0.928. The highest BCUT2D eigenvalue weighted by Gasteiger charge is 2.33. The third kappa shape index (κ3) is 5.43. The number of piperazine rings is 1. The minimum Gasteiger partial charge on any atom is -0.445 e. The van der Waals surface area contributed by atoms with Crippen LogP contribution in [0.25, 0.3) is 0 Å². The first-order valence-corrected chi connectivity index (χ1v) is 10.6. The van der Waals surface area contributed by atoms with Crippen LogP contribution in [0.1, 0.15) is 32.3 Å². The lowest BCUT2D eigenvalue weighted by molar-refractivity contribution is 0.0830. The van der Waals surface area contributed by atoms with Crippen LogP contribution in [-0.2, 0) is 21.6 Å². The summed E-state index contributed by atoms with van der Waals surface area (Å²) in [5, 5.41) is 0. The van der Waals surface area contributed by atoms with Crippen molar-refractivity contribution in [2.24, 2.45) is 0 Å². The van der Waals surface area contributed by atoms with Gasteiger partial charge in [-0.05, 0) is 18.4 Å². The van der Waals surface area contributed by atoms with Crippen molar-refractivity contribution in [3.05, 3.63) is 35.9 Å².